The average Bonchev–Trinajstić information content (AvgIpc) is 2.64. The van der Waals surface area contributed by atoms with Crippen molar-refractivity contribution in [2.24, 2.45) is 22.7 Å². The zero-order chi connectivity index (χ0) is 8.56. The van der Waals surface area contributed by atoms with Gasteiger partial charge in [0, 0.05) is 6.42 Å². The van der Waals surface area contributed by atoms with Crippen molar-refractivity contribution in [3.63, 3.8) is 0 Å². The van der Waals surface area contributed by atoms with Crippen LogP contribution < -0.4 is 0 Å². The zero-order valence-corrected chi connectivity index (χ0v) is 7.94. The van der Waals surface area contributed by atoms with Crippen LogP contribution in [0.3, 0.4) is 0 Å². The van der Waals surface area contributed by atoms with E-state index in [9.17, 15) is 0 Å². The SMILES string of the molecule is CC1(C)C2C(C3=C=C=CC3)C21C. The molecular weight excluding hydrogens is 144 g/mol. The van der Waals surface area contributed by atoms with E-state index in [4.69, 9.17) is 0 Å². The summed E-state index contributed by atoms with van der Waals surface area (Å²) in [6.45, 7) is 7.21. The summed E-state index contributed by atoms with van der Waals surface area (Å²) in [7, 11) is 0. The summed E-state index contributed by atoms with van der Waals surface area (Å²) < 4.78 is 0. The van der Waals surface area contributed by atoms with Gasteiger partial charge in [0.05, 0.1) is 0 Å². The molecule has 0 spiro atoms. The van der Waals surface area contributed by atoms with Gasteiger partial charge in [-0.25, -0.2) is 0 Å². The maximum atomic E-state index is 3.25. The highest BCUT2D eigenvalue weighted by Gasteiger charge is 2.88. The van der Waals surface area contributed by atoms with E-state index >= 15 is 0 Å². The molecule has 12 heavy (non-hydrogen) atoms. The Hall–Kier alpha value is -0.700. The summed E-state index contributed by atoms with van der Waals surface area (Å²) in [6, 6.07) is 0. The van der Waals surface area contributed by atoms with Crippen LogP contribution in [-0.2, 0) is 0 Å². The van der Waals surface area contributed by atoms with Crippen LogP contribution in [0.4, 0.5) is 0 Å². The molecule has 0 bridgehead atoms. The second-order valence-electron chi connectivity index (χ2n) is 5.16. The molecule has 62 valence electrons. The van der Waals surface area contributed by atoms with E-state index in [1.807, 2.05) is 0 Å². The van der Waals surface area contributed by atoms with Crippen LogP contribution in [0, 0.1) is 22.7 Å². The van der Waals surface area contributed by atoms with E-state index in [1.165, 1.54) is 5.57 Å². The van der Waals surface area contributed by atoms with Crippen LogP contribution in [0.2, 0.25) is 0 Å². The van der Waals surface area contributed by atoms with Gasteiger partial charge in [-0.05, 0) is 34.3 Å². The predicted molar refractivity (Wildman–Crippen MR) is 48.6 cm³/mol. The lowest BCUT2D eigenvalue weighted by atomic mass is 9.82. The van der Waals surface area contributed by atoms with Crippen molar-refractivity contribution in [1.29, 1.82) is 0 Å². The Labute approximate surface area is 73.7 Å². The largest absolute Gasteiger partial charge is 0.0743 e. The number of rotatable bonds is 1. The minimum absolute atomic E-state index is 0.620. The molecule has 0 heterocycles. The topological polar surface area (TPSA) is 0 Å². The fourth-order valence-electron chi connectivity index (χ4n) is 3.42. The van der Waals surface area contributed by atoms with Gasteiger partial charge in [-0.2, -0.15) is 0 Å². The van der Waals surface area contributed by atoms with Gasteiger partial charge in [0.2, 0.25) is 0 Å². The molecule has 0 aromatic rings. The summed E-state index contributed by atoms with van der Waals surface area (Å²) in [6.07, 6.45) is 3.22. The van der Waals surface area contributed by atoms with E-state index in [-0.39, 0.29) is 0 Å². The normalized spacial score (nSPS) is 50.4. The molecular formula is C12H14. The summed E-state index contributed by atoms with van der Waals surface area (Å²) in [4.78, 5) is 0. The second kappa shape index (κ2) is 1.51. The molecule has 0 nitrogen and oxygen atoms in total. The fourth-order valence-corrected chi connectivity index (χ4v) is 3.42. The van der Waals surface area contributed by atoms with E-state index in [0.717, 1.165) is 18.3 Å². The highest BCUT2D eigenvalue weighted by atomic mass is 14.9. The second-order valence-corrected chi connectivity index (χ2v) is 5.16. The fraction of sp³-hybridized carbons (Fsp3) is 0.667. The van der Waals surface area contributed by atoms with Crippen molar-refractivity contribution < 1.29 is 0 Å². The molecule has 3 unspecified atom stereocenters. The van der Waals surface area contributed by atoms with Crippen molar-refractivity contribution in [2.45, 2.75) is 27.2 Å². The maximum absolute atomic E-state index is 3.25. The first kappa shape index (κ1) is 6.78. The summed E-state index contributed by atoms with van der Waals surface area (Å²) >= 11 is 0. The van der Waals surface area contributed by atoms with Crippen LogP contribution in [0.5, 0.6) is 0 Å². The van der Waals surface area contributed by atoms with Crippen molar-refractivity contribution in [2.75, 3.05) is 0 Å². The van der Waals surface area contributed by atoms with E-state index in [0.29, 0.717) is 10.8 Å². The third kappa shape index (κ3) is 0.460. The molecule has 3 aliphatic carbocycles. The molecule has 0 saturated heterocycles. The molecule has 3 rings (SSSR count). The van der Waals surface area contributed by atoms with Gasteiger partial charge < -0.3 is 0 Å². The third-order valence-electron chi connectivity index (χ3n) is 4.63. The number of hydrogen-bond donors (Lipinski definition) is 0. The first-order valence-corrected chi connectivity index (χ1v) is 4.79. The lowest BCUT2D eigenvalue weighted by Crippen LogP contribution is -2.15. The van der Waals surface area contributed by atoms with Crippen LogP contribution in [0.15, 0.2) is 23.1 Å². The molecule has 3 atom stereocenters. The molecule has 3 aliphatic rings. The lowest BCUT2D eigenvalue weighted by molar-refractivity contribution is 0.318. The van der Waals surface area contributed by atoms with Crippen LogP contribution in [0.1, 0.15) is 27.2 Å². The quantitative estimate of drug-likeness (QED) is 0.515. The minimum Gasteiger partial charge on any atom is -0.0743 e. The third-order valence-corrected chi connectivity index (χ3v) is 4.63. The highest BCUT2D eigenvalue weighted by molar-refractivity contribution is 5.44. The maximum Gasteiger partial charge on any atom is 0.00297 e. The number of allylic oxidation sites excluding steroid dienone is 2. The Kier molecular flexibility index (Phi) is 0.852. The van der Waals surface area contributed by atoms with Gasteiger partial charge in [0.1, 0.15) is 0 Å². The Morgan fingerprint density at radius 2 is 2.08 bits per heavy atom. The molecule has 0 radical (unpaired) electrons. The van der Waals surface area contributed by atoms with Crippen molar-refractivity contribution in [3.8, 4) is 0 Å². The van der Waals surface area contributed by atoms with Crippen LogP contribution >= 0.6 is 0 Å². The van der Waals surface area contributed by atoms with Gasteiger partial charge in [-0.3, -0.25) is 0 Å². The average molecular weight is 158 g/mol. The van der Waals surface area contributed by atoms with Gasteiger partial charge in [-0.1, -0.05) is 32.2 Å². The molecule has 2 saturated carbocycles. The van der Waals surface area contributed by atoms with E-state index in [2.05, 4.69) is 38.3 Å². The molecule has 0 N–H and O–H groups in total. The Morgan fingerprint density at radius 1 is 1.42 bits per heavy atom. The number of fused-ring (bicyclic) bond motifs is 1. The first-order chi connectivity index (χ1) is 5.60. The molecule has 0 aromatic carbocycles. The lowest BCUT2D eigenvalue weighted by Gasteiger charge is -2.22. The van der Waals surface area contributed by atoms with Gasteiger partial charge >= 0.3 is 0 Å². The van der Waals surface area contributed by atoms with E-state index in [1.54, 1.807) is 0 Å². The Bertz CT molecular complexity index is 359. The van der Waals surface area contributed by atoms with Crippen LogP contribution in [0.25, 0.3) is 0 Å². The highest BCUT2D eigenvalue weighted by Crippen LogP contribution is 2.92. The monoisotopic (exact) mass is 158 g/mol. The molecule has 2 fully saturated rings. The Morgan fingerprint density at radius 3 is 2.50 bits per heavy atom. The summed E-state index contributed by atoms with van der Waals surface area (Å²) in [5, 5.41) is 0. The molecule has 0 aromatic heterocycles. The first-order valence-electron chi connectivity index (χ1n) is 4.79. The van der Waals surface area contributed by atoms with Gasteiger partial charge in [0.25, 0.3) is 0 Å². The molecule has 0 aliphatic heterocycles. The summed E-state index contributed by atoms with van der Waals surface area (Å²) in [5.74, 6) is 1.82. The standard InChI is InChI=1S/C12H14/c1-11(2)10-9(12(10,11)3)8-6-4-5-7-8/h4,9-10H,6H2,1-3H3. The summed E-state index contributed by atoms with van der Waals surface area (Å²) in [5.41, 5.74) is 9.09. The van der Waals surface area contributed by atoms with Gasteiger partial charge in [-0.15, -0.1) is 0 Å². The number of hydrogen-bond acceptors (Lipinski definition) is 0. The Balaban J connectivity index is 1.89. The molecule has 0 heteroatoms. The van der Waals surface area contributed by atoms with Gasteiger partial charge in [0.15, 0.2) is 0 Å². The van der Waals surface area contributed by atoms with Crippen molar-refractivity contribution in [3.05, 3.63) is 23.1 Å². The zero-order valence-electron chi connectivity index (χ0n) is 7.94. The minimum atomic E-state index is 0.620. The molecule has 0 amide bonds. The predicted octanol–water partition coefficient (Wildman–Crippen LogP) is 2.92. The van der Waals surface area contributed by atoms with E-state index < -0.39 is 0 Å². The van der Waals surface area contributed by atoms with Crippen LogP contribution in [-0.4, -0.2) is 0 Å². The van der Waals surface area contributed by atoms with Crippen molar-refractivity contribution >= 4 is 0 Å². The smallest absolute Gasteiger partial charge is 0.00297 e. The van der Waals surface area contributed by atoms with Crippen molar-refractivity contribution in [1.82, 2.24) is 0 Å².